The van der Waals surface area contributed by atoms with Gasteiger partial charge in [-0.25, -0.2) is 4.79 Å². The number of aliphatic carboxylic acids is 1. The Kier molecular flexibility index (Phi) is 6.26. The van der Waals surface area contributed by atoms with Gasteiger partial charge in [-0.3, -0.25) is 9.59 Å². The summed E-state index contributed by atoms with van der Waals surface area (Å²) in [5, 5.41) is 14.8. The Balaban J connectivity index is 1.12. The topological polar surface area (TPSA) is 105 Å². The average Bonchev–Trinajstić information content (AvgIpc) is 3.26. The summed E-state index contributed by atoms with van der Waals surface area (Å²) >= 11 is 0. The average molecular weight is 477 g/mol. The molecule has 0 heterocycles. The van der Waals surface area contributed by atoms with Crippen LogP contribution in [-0.2, 0) is 14.3 Å². The van der Waals surface area contributed by atoms with Crippen LogP contribution in [0.25, 0.3) is 11.1 Å². The first-order valence-electron chi connectivity index (χ1n) is 12.5. The lowest BCUT2D eigenvalue weighted by Crippen LogP contribution is -2.41. The molecule has 0 saturated heterocycles. The molecule has 3 N–H and O–H groups in total. The first-order chi connectivity index (χ1) is 16.9. The van der Waals surface area contributed by atoms with Crippen molar-refractivity contribution < 1.29 is 24.2 Å². The van der Waals surface area contributed by atoms with E-state index >= 15 is 0 Å². The standard InChI is InChI=1S/C28H32N2O5/c1-17(7-6-12-25(31)32)29-26(33)28-14-18(28)13-19(15-28)30-27(34)35-16-24-22-10-4-2-8-20(22)21-9-3-5-11-23(21)24/h2-5,8-11,17-19,24H,6-7,12-16H2,1H3,(H,29,33)(H,30,34)(H,31,32)/t17?,18-,19+,28+/m1/s1. The first kappa shape index (κ1) is 23.4. The summed E-state index contributed by atoms with van der Waals surface area (Å²) in [6.07, 6.45) is 3.11. The van der Waals surface area contributed by atoms with Crippen molar-refractivity contribution in [3.63, 3.8) is 0 Å². The Morgan fingerprint density at radius 3 is 2.37 bits per heavy atom. The maximum Gasteiger partial charge on any atom is 0.407 e. The molecule has 2 aromatic rings. The molecular weight excluding hydrogens is 444 g/mol. The van der Waals surface area contributed by atoms with E-state index in [2.05, 4.69) is 34.9 Å². The molecule has 5 rings (SSSR count). The molecule has 0 aliphatic heterocycles. The third-order valence-electron chi connectivity index (χ3n) is 7.93. The van der Waals surface area contributed by atoms with Gasteiger partial charge in [0, 0.05) is 24.4 Å². The number of fused-ring (bicyclic) bond motifs is 4. The third kappa shape index (κ3) is 4.64. The molecule has 1 unspecified atom stereocenters. The van der Waals surface area contributed by atoms with E-state index in [0.29, 0.717) is 19.3 Å². The third-order valence-corrected chi connectivity index (χ3v) is 7.93. The lowest BCUT2D eigenvalue weighted by molar-refractivity contribution is -0.137. The molecule has 3 aliphatic rings. The largest absolute Gasteiger partial charge is 0.481 e. The van der Waals surface area contributed by atoms with E-state index < -0.39 is 17.5 Å². The Hall–Kier alpha value is -3.35. The number of carboxylic acid groups (broad SMARTS) is 1. The smallest absolute Gasteiger partial charge is 0.407 e. The molecule has 2 saturated carbocycles. The van der Waals surface area contributed by atoms with Crippen LogP contribution in [0, 0.1) is 11.3 Å². The van der Waals surface area contributed by atoms with Crippen LogP contribution in [0.5, 0.6) is 0 Å². The summed E-state index contributed by atoms with van der Waals surface area (Å²) in [6, 6.07) is 16.4. The van der Waals surface area contributed by atoms with Gasteiger partial charge in [0.15, 0.2) is 0 Å². The molecule has 35 heavy (non-hydrogen) atoms. The van der Waals surface area contributed by atoms with Gasteiger partial charge in [-0.2, -0.15) is 0 Å². The predicted molar refractivity (Wildman–Crippen MR) is 131 cm³/mol. The summed E-state index contributed by atoms with van der Waals surface area (Å²) < 4.78 is 5.67. The minimum Gasteiger partial charge on any atom is -0.481 e. The van der Waals surface area contributed by atoms with Crippen molar-refractivity contribution in [3.8, 4) is 11.1 Å². The molecule has 2 amide bonds. The monoisotopic (exact) mass is 476 g/mol. The number of carbonyl (C=O) groups is 3. The first-order valence-corrected chi connectivity index (χ1v) is 12.5. The van der Waals surface area contributed by atoms with E-state index in [9.17, 15) is 14.4 Å². The maximum absolute atomic E-state index is 12.9. The fraction of sp³-hybridized carbons (Fsp3) is 0.464. The predicted octanol–water partition coefficient (Wildman–Crippen LogP) is 4.45. The van der Waals surface area contributed by atoms with Gasteiger partial charge in [0.05, 0.1) is 5.41 Å². The molecule has 0 spiro atoms. The number of hydrogen-bond donors (Lipinski definition) is 3. The van der Waals surface area contributed by atoms with Crippen molar-refractivity contribution in [1.29, 1.82) is 0 Å². The number of nitrogens with one attached hydrogen (secondary N) is 2. The van der Waals surface area contributed by atoms with Crippen LogP contribution in [0.1, 0.15) is 62.5 Å². The zero-order chi connectivity index (χ0) is 24.6. The van der Waals surface area contributed by atoms with Crippen molar-refractivity contribution in [3.05, 3.63) is 59.7 Å². The number of rotatable bonds is 9. The minimum atomic E-state index is -0.817. The van der Waals surface area contributed by atoms with Crippen molar-refractivity contribution in [2.75, 3.05) is 6.61 Å². The van der Waals surface area contributed by atoms with Crippen molar-refractivity contribution in [2.45, 2.75) is 63.5 Å². The second-order valence-corrected chi connectivity index (χ2v) is 10.3. The van der Waals surface area contributed by atoms with E-state index in [1.54, 1.807) is 0 Å². The number of ether oxygens (including phenoxy) is 1. The highest BCUT2D eigenvalue weighted by Crippen LogP contribution is 2.63. The van der Waals surface area contributed by atoms with Gasteiger partial charge >= 0.3 is 12.1 Å². The SMILES string of the molecule is CC(CCCC(=O)O)NC(=O)[C@@]12C[C@@H](NC(=O)OCC3c4ccccc4-c4ccccc43)C[C@@H]1C2. The molecule has 0 radical (unpaired) electrons. The summed E-state index contributed by atoms with van der Waals surface area (Å²) in [4.78, 5) is 36.2. The molecule has 7 nitrogen and oxygen atoms in total. The number of benzene rings is 2. The highest BCUT2D eigenvalue weighted by Gasteiger charge is 2.65. The van der Waals surface area contributed by atoms with E-state index in [4.69, 9.17) is 9.84 Å². The van der Waals surface area contributed by atoms with E-state index in [-0.39, 0.29) is 42.9 Å². The normalized spacial score (nSPS) is 24.6. The molecule has 184 valence electrons. The van der Waals surface area contributed by atoms with Gasteiger partial charge in [-0.1, -0.05) is 48.5 Å². The second kappa shape index (κ2) is 9.36. The summed E-state index contributed by atoms with van der Waals surface area (Å²) in [7, 11) is 0. The summed E-state index contributed by atoms with van der Waals surface area (Å²) in [5.74, 6) is -0.484. The number of carbonyl (C=O) groups excluding carboxylic acids is 2. The zero-order valence-corrected chi connectivity index (χ0v) is 20.0. The van der Waals surface area contributed by atoms with Crippen LogP contribution in [0.2, 0.25) is 0 Å². The summed E-state index contributed by atoms with van der Waals surface area (Å²) in [6.45, 7) is 2.19. The minimum absolute atomic E-state index is 0.0184. The van der Waals surface area contributed by atoms with Gasteiger partial charge in [-0.15, -0.1) is 0 Å². The van der Waals surface area contributed by atoms with Crippen molar-refractivity contribution >= 4 is 18.0 Å². The lowest BCUT2D eigenvalue weighted by Gasteiger charge is -2.21. The summed E-state index contributed by atoms with van der Waals surface area (Å²) in [5.41, 5.74) is 4.34. The zero-order valence-electron chi connectivity index (χ0n) is 20.0. The second-order valence-electron chi connectivity index (χ2n) is 10.3. The van der Waals surface area contributed by atoms with Gasteiger partial charge in [0.2, 0.25) is 5.91 Å². The molecule has 4 atom stereocenters. The van der Waals surface area contributed by atoms with Crippen molar-refractivity contribution in [2.24, 2.45) is 11.3 Å². The molecule has 7 heteroatoms. The van der Waals surface area contributed by atoms with Crippen LogP contribution in [0.4, 0.5) is 4.79 Å². The van der Waals surface area contributed by atoms with Crippen LogP contribution < -0.4 is 10.6 Å². The number of carboxylic acids is 1. The van der Waals surface area contributed by atoms with Crippen LogP contribution in [0.3, 0.4) is 0 Å². The molecular formula is C28H32N2O5. The quantitative estimate of drug-likeness (QED) is 0.496. The van der Waals surface area contributed by atoms with Crippen LogP contribution >= 0.6 is 0 Å². The molecule has 0 bridgehead atoms. The Morgan fingerprint density at radius 2 is 1.71 bits per heavy atom. The lowest BCUT2D eigenvalue weighted by atomic mass is 9.98. The fourth-order valence-electron chi connectivity index (χ4n) is 6.09. The molecule has 3 aliphatic carbocycles. The molecule has 2 aromatic carbocycles. The number of alkyl carbamates (subject to hydrolysis) is 1. The van der Waals surface area contributed by atoms with E-state index in [1.165, 1.54) is 22.3 Å². The Morgan fingerprint density at radius 1 is 1.06 bits per heavy atom. The fourth-order valence-corrected chi connectivity index (χ4v) is 6.09. The van der Waals surface area contributed by atoms with Gasteiger partial charge in [0.1, 0.15) is 6.61 Å². The van der Waals surface area contributed by atoms with Gasteiger partial charge in [-0.05, 0) is 67.2 Å². The van der Waals surface area contributed by atoms with Gasteiger partial charge in [0.25, 0.3) is 0 Å². The van der Waals surface area contributed by atoms with E-state index in [1.807, 2.05) is 31.2 Å². The maximum atomic E-state index is 12.9. The van der Waals surface area contributed by atoms with Crippen molar-refractivity contribution in [1.82, 2.24) is 10.6 Å². The Bertz CT molecular complexity index is 1100. The Labute approximate surface area is 205 Å². The van der Waals surface area contributed by atoms with Crippen LogP contribution in [-0.4, -0.2) is 41.8 Å². The molecule has 2 fully saturated rings. The number of amides is 2. The molecule has 0 aromatic heterocycles. The van der Waals surface area contributed by atoms with Gasteiger partial charge < -0.3 is 20.5 Å². The number of hydrogen-bond acceptors (Lipinski definition) is 4. The van der Waals surface area contributed by atoms with Crippen LogP contribution in [0.15, 0.2) is 48.5 Å². The van der Waals surface area contributed by atoms with E-state index in [0.717, 1.165) is 12.8 Å². The highest BCUT2D eigenvalue weighted by molar-refractivity contribution is 5.87. The highest BCUT2D eigenvalue weighted by atomic mass is 16.5.